The number of thiol groups is 1. The number of hydrogen-bond acceptors (Lipinski definition) is 3. The van der Waals surface area contributed by atoms with Gasteiger partial charge in [-0.25, -0.2) is 0 Å². The fourth-order valence-corrected chi connectivity index (χ4v) is 1.72. The Bertz CT molecular complexity index is 136. The Kier molecular flexibility index (Phi) is 6.25. The second-order valence-corrected chi connectivity index (χ2v) is 3.83. The average Bonchev–Trinajstić information content (AvgIpc) is 1.84. The summed E-state index contributed by atoms with van der Waals surface area (Å²) in [7, 11) is 0. The third-order valence-electron chi connectivity index (χ3n) is 1.59. The van der Waals surface area contributed by atoms with Crippen LogP contribution in [0.5, 0.6) is 0 Å². The quantitative estimate of drug-likeness (QED) is 0.532. The van der Waals surface area contributed by atoms with Gasteiger partial charge in [-0.05, 0) is 19.8 Å². The smallest absolute Gasteiger partial charge is 0.302 e. The molecule has 0 aromatic rings. The molecule has 0 aliphatic heterocycles. The van der Waals surface area contributed by atoms with Gasteiger partial charge in [-0.15, -0.1) is 0 Å². The predicted molar refractivity (Wildman–Crippen MR) is 53.5 cm³/mol. The van der Waals surface area contributed by atoms with Crippen LogP contribution in [0, 0.1) is 0 Å². The van der Waals surface area contributed by atoms with E-state index in [1.54, 1.807) is 0 Å². The summed E-state index contributed by atoms with van der Waals surface area (Å²) in [6, 6.07) is 0. The number of ether oxygens (including phenoxy) is 1. The van der Waals surface area contributed by atoms with Crippen molar-refractivity contribution in [3.05, 3.63) is 0 Å². The van der Waals surface area contributed by atoms with Crippen LogP contribution in [0.15, 0.2) is 0 Å². The molecular weight excluding hydrogens is 172 g/mol. The molecule has 0 aliphatic carbocycles. The molecule has 3 heteroatoms. The molecule has 12 heavy (non-hydrogen) atoms. The molecule has 0 amide bonds. The summed E-state index contributed by atoms with van der Waals surface area (Å²) >= 11 is 4.38. The van der Waals surface area contributed by atoms with Crippen molar-refractivity contribution in [2.75, 3.05) is 0 Å². The monoisotopic (exact) mass is 190 g/mol. The molecule has 0 spiro atoms. The van der Waals surface area contributed by atoms with Gasteiger partial charge in [-0.2, -0.15) is 12.6 Å². The van der Waals surface area contributed by atoms with Gasteiger partial charge in [0.25, 0.3) is 0 Å². The van der Waals surface area contributed by atoms with E-state index in [-0.39, 0.29) is 12.1 Å². The van der Waals surface area contributed by atoms with Crippen molar-refractivity contribution in [1.82, 2.24) is 0 Å². The normalized spacial score (nSPS) is 15.3. The summed E-state index contributed by atoms with van der Waals surface area (Å²) in [6.45, 7) is 5.46. The molecule has 72 valence electrons. The molecule has 0 rings (SSSR count). The summed E-state index contributed by atoms with van der Waals surface area (Å²) in [5, 5.41) is 0.351. The van der Waals surface area contributed by atoms with Gasteiger partial charge in [0.05, 0.1) is 0 Å². The number of carbonyl (C=O) groups excluding carboxylic acids is 1. The molecule has 2 nitrogen and oxygen atoms in total. The van der Waals surface area contributed by atoms with Crippen LogP contribution in [-0.4, -0.2) is 17.3 Å². The first-order valence-electron chi connectivity index (χ1n) is 4.41. The van der Waals surface area contributed by atoms with Gasteiger partial charge in [-0.3, -0.25) is 4.79 Å². The molecule has 0 unspecified atom stereocenters. The topological polar surface area (TPSA) is 26.3 Å². The molecule has 0 N–H and O–H groups in total. The zero-order valence-electron chi connectivity index (χ0n) is 8.04. The summed E-state index contributed by atoms with van der Waals surface area (Å²) < 4.78 is 4.98. The van der Waals surface area contributed by atoms with Gasteiger partial charge in [0, 0.05) is 12.2 Å². The fourth-order valence-electron chi connectivity index (χ4n) is 1.17. The Labute approximate surface area is 80.1 Å². The molecule has 0 heterocycles. The first-order valence-corrected chi connectivity index (χ1v) is 4.93. The van der Waals surface area contributed by atoms with Crippen molar-refractivity contribution in [3.8, 4) is 0 Å². The maximum Gasteiger partial charge on any atom is 0.302 e. The third kappa shape index (κ3) is 6.53. The summed E-state index contributed by atoms with van der Waals surface area (Å²) in [6.07, 6.45) is 3.04. The maximum atomic E-state index is 10.5. The Morgan fingerprint density at radius 3 is 2.58 bits per heavy atom. The second kappa shape index (κ2) is 6.35. The van der Waals surface area contributed by atoms with Crippen LogP contribution in [0.3, 0.4) is 0 Å². The van der Waals surface area contributed by atoms with Gasteiger partial charge >= 0.3 is 5.97 Å². The summed E-state index contributed by atoms with van der Waals surface area (Å²) in [4.78, 5) is 10.5. The van der Waals surface area contributed by atoms with E-state index in [9.17, 15) is 4.79 Å². The minimum atomic E-state index is -0.209. The lowest BCUT2D eigenvalue weighted by Crippen LogP contribution is -2.16. The molecule has 0 saturated heterocycles. The van der Waals surface area contributed by atoms with E-state index in [0.717, 1.165) is 19.3 Å². The van der Waals surface area contributed by atoms with Crippen molar-refractivity contribution >= 4 is 18.6 Å². The summed E-state index contributed by atoms with van der Waals surface area (Å²) in [5.74, 6) is -0.209. The average molecular weight is 190 g/mol. The molecule has 0 saturated carbocycles. The Morgan fingerprint density at radius 1 is 1.58 bits per heavy atom. The van der Waals surface area contributed by atoms with Gasteiger partial charge in [0.15, 0.2) is 0 Å². The van der Waals surface area contributed by atoms with Crippen molar-refractivity contribution in [2.45, 2.75) is 51.4 Å². The van der Waals surface area contributed by atoms with E-state index < -0.39 is 0 Å². The lowest BCUT2D eigenvalue weighted by atomic mass is 10.1. The molecule has 0 bridgehead atoms. The van der Waals surface area contributed by atoms with Crippen LogP contribution < -0.4 is 0 Å². The molecular formula is C9H18O2S. The van der Waals surface area contributed by atoms with E-state index >= 15 is 0 Å². The number of hydrogen-bond donors (Lipinski definition) is 1. The third-order valence-corrected chi connectivity index (χ3v) is 2.06. The largest absolute Gasteiger partial charge is 0.463 e. The minimum absolute atomic E-state index is 0.00319. The highest BCUT2D eigenvalue weighted by Gasteiger charge is 2.10. The van der Waals surface area contributed by atoms with Crippen LogP contribution >= 0.6 is 12.6 Å². The first-order chi connectivity index (χ1) is 5.56. The lowest BCUT2D eigenvalue weighted by Gasteiger charge is -2.15. The van der Waals surface area contributed by atoms with Gasteiger partial charge in [-0.1, -0.05) is 13.3 Å². The van der Waals surface area contributed by atoms with Gasteiger partial charge in [0.1, 0.15) is 6.10 Å². The van der Waals surface area contributed by atoms with Gasteiger partial charge < -0.3 is 4.74 Å². The maximum absolute atomic E-state index is 10.5. The van der Waals surface area contributed by atoms with E-state index in [2.05, 4.69) is 19.6 Å². The predicted octanol–water partition coefficient (Wildman–Crippen LogP) is 2.43. The van der Waals surface area contributed by atoms with E-state index in [4.69, 9.17) is 4.74 Å². The first kappa shape index (κ1) is 11.8. The van der Waals surface area contributed by atoms with Crippen LogP contribution in [0.4, 0.5) is 0 Å². The zero-order valence-corrected chi connectivity index (χ0v) is 8.93. The van der Waals surface area contributed by atoms with Crippen molar-refractivity contribution in [2.24, 2.45) is 0 Å². The molecule has 0 fully saturated rings. The Morgan fingerprint density at radius 2 is 2.17 bits per heavy atom. The van der Waals surface area contributed by atoms with Crippen LogP contribution in [0.1, 0.15) is 40.0 Å². The highest BCUT2D eigenvalue weighted by Crippen LogP contribution is 2.13. The van der Waals surface area contributed by atoms with Crippen molar-refractivity contribution < 1.29 is 9.53 Å². The van der Waals surface area contributed by atoms with Crippen LogP contribution in [0.25, 0.3) is 0 Å². The molecule has 0 aromatic carbocycles. The van der Waals surface area contributed by atoms with Crippen LogP contribution in [-0.2, 0) is 9.53 Å². The fraction of sp³-hybridized carbons (Fsp3) is 0.889. The van der Waals surface area contributed by atoms with Crippen LogP contribution in [0.2, 0.25) is 0 Å². The summed E-state index contributed by atoms with van der Waals surface area (Å²) in [5.41, 5.74) is 0. The van der Waals surface area contributed by atoms with E-state index in [1.165, 1.54) is 6.92 Å². The van der Waals surface area contributed by atoms with Gasteiger partial charge in [0.2, 0.25) is 0 Å². The highest BCUT2D eigenvalue weighted by molar-refractivity contribution is 7.80. The lowest BCUT2D eigenvalue weighted by molar-refractivity contribution is -0.145. The molecule has 0 radical (unpaired) electrons. The molecule has 0 aliphatic rings. The number of rotatable bonds is 5. The zero-order chi connectivity index (χ0) is 9.56. The minimum Gasteiger partial charge on any atom is -0.463 e. The Hall–Kier alpha value is -0.180. The number of carbonyl (C=O) groups is 1. The highest BCUT2D eigenvalue weighted by atomic mass is 32.1. The SMILES string of the molecule is CCC[C@H](S)C[C@@H](C)OC(C)=O. The second-order valence-electron chi connectivity index (χ2n) is 3.10. The molecule has 0 aromatic heterocycles. The van der Waals surface area contributed by atoms with Crippen molar-refractivity contribution in [1.29, 1.82) is 0 Å². The van der Waals surface area contributed by atoms with E-state index in [1.807, 2.05) is 6.92 Å². The van der Waals surface area contributed by atoms with Crippen molar-refractivity contribution in [3.63, 3.8) is 0 Å². The number of esters is 1. The standard InChI is InChI=1S/C9H18O2S/c1-4-5-9(12)6-7(2)11-8(3)10/h7,9,12H,4-6H2,1-3H3/t7-,9+/m1/s1. The Balaban J connectivity index is 3.53. The molecule has 2 atom stereocenters. The van der Waals surface area contributed by atoms with E-state index in [0.29, 0.717) is 5.25 Å².